The van der Waals surface area contributed by atoms with Crippen LogP contribution in [-0.4, -0.2) is 44.3 Å². The van der Waals surface area contributed by atoms with Gasteiger partial charge in [0.1, 0.15) is 0 Å². The summed E-state index contributed by atoms with van der Waals surface area (Å²) in [5.74, 6) is -1.15. The number of aromatic amines is 1. The lowest BCUT2D eigenvalue weighted by Gasteiger charge is -2.11. The summed E-state index contributed by atoms with van der Waals surface area (Å²) in [6, 6.07) is -0.463. The Kier molecular flexibility index (Phi) is 4.85. The Labute approximate surface area is 97.0 Å². The van der Waals surface area contributed by atoms with Gasteiger partial charge in [0.2, 0.25) is 0 Å². The number of carboxylic acids is 1. The second-order valence-electron chi connectivity index (χ2n) is 3.34. The number of tetrazole rings is 1. The summed E-state index contributed by atoms with van der Waals surface area (Å²) in [5.41, 5.74) is 0. The van der Waals surface area contributed by atoms with E-state index in [4.69, 9.17) is 5.11 Å². The first kappa shape index (κ1) is 12.9. The second-order valence-corrected chi connectivity index (χ2v) is 3.34. The molecule has 17 heavy (non-hydrogen) atoms. The van der Waals surface area contributed by atoms with Gasteiger partial charge in [-0.3, -0.25) is 4.79 Å². The van der Waals surface area contributed by atoms with Crippen molar-refractivity contribution in [3.05, 3.63) is 5.82 Å². The number of amides is 2. The molecule has 9 heteroatoms. The van der Waals surface area contributed by atoms with Crippen molar-refractivity contribution in [3.63, 3.8) is 0 Å². The molecule has 0 saturated heterocycles. The molecule has 94 valence electrons. The minimum absolute atomic E-state index is 0.0872. The van der Waals surface area contributed by atoms with Crippen LogP contribution in [0.15, 0.2) is 0 Å². The maximum Gasteiger partial charge on any atom is 0.315 e. The molecule has 0 spiro atoms. The first-order valence-electron chi connectivity index (χ1n) is 5.10. The van der Waals surface area contributed by atoms with E-state index in [1.54, 1.807) is 6.92 Å². The maximum absolute atomic E-state index is 11.3. The van der Waals surface area contributed by atoms with Crippen molar-refractivity contribution in [3.8, 4) is 0 Å². The molecule has 1 aromatic heterocycles. The highest BCUT2D eigenvalue weighted by atomic mass is 16.4. The molecule has 1 atom stereocenters. The smallest absolute Gasteiger partial charge is 0.315 e. The number of aromatic nitrogens is 4. The van der Waals surface area contributed by atoms with Gasteiger partial charge in [-0.2, -0.15) is 5.21 Å². The highest BCUT2D eigenvalue weighted by Crippen LogP contribution is 1.99. The number of hydrogen-bond acceptors (Lipinski definition) is 5. The first-order chi connectivity index (χ1) is 8.13. The van der Waals surface area contributed by atoms with Crippen LogP contribution in [-0.2, 0) is 11.3 Å². The SMILES string of the molecule is CCC(CNC(=O)NCc1nn[nH]n1)C(=O)O. The van der Waals surface area contributed by atoms with E-state index in [-0.39, 0.29) is 13.1 Å². The van der Waals surface area contributed by atoms with Crippen LogP contribution in [0.5, 0.6) is 0 Å². The van der Waals surface area contributed by atoms with E-state index in [0.717, 1.165) is 0 Å². The number of rotatable bonds is 6. The molecule has 0 radical (unpaired) electrons. The predicted molar refractivity (Wildman–Crippen MR) is 55.8 cm³/mol. The minimum Gasteiger partial charge on any atom is -0.481 e. The average molecular weight is 242 g/mol. The third-order valence-corrected chi connectivity index (χ3v) is 2.15. The summed E-state index contributed by atoms with van der Waals surface area (Å²) < 4.78 is 0. The zero-order valence-electron chi connectivity index (χ0n) is 9.30. The Morgan fingerprint density at radius 3 is 2.76 bits per heavy atom. The van der Waals surface area contributed by atoms with E-state index in [1.165, 1.54) is 0 Å². The number of carbonyl (C=O) groups is 2. The average Bonchev–Trinajstić information content (AvgIpc) is 2.79. The van der Waals surface area contributed by atoms with E-state index in [2.05, 4.69) is 31.3 Å². The van der Waals surface area contributed by atoms with Gasteiger partial charge in [0.15, 0.2) is 5.82 Å². The van der Waals surface area contributed by atoms with Gasteiger partial charge in [-0.15, -0.1) is 10.2 Å². The molecule has 1 rings (SSSR count). The van der Waals surface area contributed by atoms with E-state index < -0.39 is 17.9 Å². The summed E-state index contributed by atoms with van der Waals surface area (Å²) >= 11 is 0. The Bertz CT molecular complexity index is 365. The first-order valence-corrected chi connectivity index (χ1v) is 5.10. The number of H-pyrrole nitrogens is 1. The molecule has 0 aromatic carbocycles. The van der Waals surface area contributed by atoms with Gasteiger partial charge in [-0.05, 0) is 6.42 Å². The lowest BCUT2D eigenvalue weighted by Crippen LogP contribution is -2.39. The molecule has 1 unspecified atom stereocenters. The number of nitrogens with zero attached hydrogens (tertiary/aromatic N) is 3. The molecule has 0 bridgehead atoms. The van der Waals surface area contributed by atoms with Gasteiger partial charge in [-0.1, -0.05) is 12.1 Å². The lowest BCUT2D eigenvalue weighted by molar-refractivity contribution is -0.141. The van der Waals surface area contributed by atoms with Crippen molar-refractivity contribution >= 4 is 12.0 Å². The molecule has 0 aliphatic heterocycles. The summed E-state index contributed by atoms with van der Waals surface area (Å²) in [5, 5.41) is 26.6. The van der Waals surface area contributed by atoms with Crippen LogP contribution in [0.1, 0.15) is 19.2 Å². The Balaban J connectivity index is 2.23. The quantitative estimate of drug-likeness (QED) is 0.511. The maximum atomic E-state index is 11.3. The zero-order chi connectivity index (χ0) is 12.7. The topological polar surface area (TPSA) is 133 Å². The van der Waals surface area contributed by atoms with Crippen LogP contribution in [0, 0.1) is 5.92 Å². The summed E-state index contributed by atoms with van der Waals surface area (Å²) in [6.07, 6.45) is 0.459. The molecule has 1 aromatic rings. The number of aliphatic carboxylic acids is 1. The minimum atomic E-state index is -0.925. The summed E-state index contributed by atoms with van der Waals surface area (Å²) in [7, 11) is 0. The highest BCUT2D eigenvalue weighted by Gasteiger charge is 2.15. The van der Waals surface area contributed by atoms with Crippen molar-refractivity contribution in [1.29, 1.82) is 0 Å². The standard InChI is InChI=1S/C8H14N6O3/c1-2-5(7(15)16)3-9-8(17)10-4-6-11-13-14-12-6/h5H,2-4H2,1H3,(H,15,16)(H2,9,10,17)(H,11,12,13,14). The van der Waals surface area contributed by atoms with E-state index in [0.29, 0.717) is 12.2 Å². The van der Waals surface area contributed by atoms with E-state index in [9.17, 15) is 9.59 Å². The largest absolute Gasteiger partial charge is 0.481 e. The molecule has 2 amide bonds. The molecule has 4 N–H and O–H groups in total. The van der Waals surface area contributed by atoms with Gasteiger partial charge in [0.05, 0.1) is 12.5 Å². The van der Waals surface area contributed by atoms with Crippen molar-refractivity contribution in [2.24, 2.45) is 5.92 Å². The van der Waals surface area contributed by atoms with Gasteiger partial charge >= 0.3 is 12.0 Å². The van der Waals surface area contributed by atoms with E-state index in [1.807, 2.05) is 0 Å². The molecule has 0 saturated carbocycles. The Morgan fingerprint density at radius 2 is 2.24 bits per heavy atom. The van der Waals surface area contributed by atoms with Crippen LogP contribution < -0.4 is 10.6 Å². The Hall–Kier alpha value is -2.19. The normalized spacial score (nSPS) is 11.8. The fraction of sp³-hybridized carbons (Fsp3) is 0.625. The van der Waals surface area contributed by atoms with Crippen LogP contribution in [0.3, 0.4) is 0 Å². The predicted octanol–water partition coefficient (Wildman–Crippen LogP) is -0.890. The van der Waals surface area contributed by atoms with E-state index >= 15 is 0 Å². The molecule has 9 nitrogen and oxygen atoms in total. The van der Waals surface area contributed by atoms with Crippen LogP contribution in [0.25, 0.3) is 0 Å². The summed E-state index contributed by atoms with van der Waals surface area (Å²) in [4.78, 5) is 22.0. The molecular weight excluding hydrogens is 228 g/mol. The van der Waals surface area contributed by atoms with Crippen molar-refractivity contribution < 1.29 is 14.7 Å². The van der Waals surface area contributed by atoms with Crippen molar-refractivity contribution in [2.75, 3.05) is 6.54 Å². The van der Waals surface area contributed by atoms with Crippen LogP contribution in [0.4, 0.5) is 4.79 Å². The molecular formula is C8H14N6O3. The van der Waals surface area contributed by atoms with Gasteiger partial charge < -0.3 is 15.7 Å². The molecule has 1 heterocycles. The van der Waals surface area contributed by atoms with Crippen LogP contribution in [0.2, 0.25) is 0 Å². The monoisotopic (exact) mass is 242 g/mol. The fourth-order valence-electron chi connectivity index (χ4n) is 1.10. The number of hydrogen-bond donors (Lipinski definition) is 4. The fourth-order valence-corrected chi connectivity index (χ4v) is 1.10. The number of urea groups is 1. The highest BCUT2D eigenvalue weighted by molar-refractivity contribution is 5.75. The number of carbonyl (C=O) groups excluding carboxylic acids is 1. The number of nitrogens with one attached hydrogen (secondary N) is 3. The molecule has 0 aliphatic rings. The molecule has 0 fully saturated rings. The second kappa shape index (κ2) is 6.40. The van der Waals surface area contributed by atoms with Crippen LogP contribution >= 0.6 is 0 Å². The van der Waals surface area contributed by atoms with Gasteiger partial charge in [-0.25, -0.2) is 4.79 Å². The Morgan fingerprint density at radius 1 is 1.47 bits per heavy atom. The van der Waals surface area contributed by atoms with Crippen molar-refractivity contribution in [2.45, 2.75) is 19.9 Å². The number of carboxylic acid groups (broad SMARTS) is 1. The summed E-state index contributed by atoms with van der Waals surface area (Å²) in [6.45, 7) is 1.97. The third-order valence-electron chi connectivity index (χ3n) is 2.15. The van der Waals surface area contributed by atoms with Gasteiger partial charge in [0, 0.05) is 6.54 Å². The third kappa shape index (κ3) is 4.45. The van der Waals surface area contributed by atoms with Gasteiger partial charge in [0.25, 0.3) is 0 Å². The lowest BCUT2D eigenvalue weighted by atomic mass is 10.1. The molecule has 0 aliphatic carbocycles. The zero-order valence-corrected chi connectivity index (χ0v) is 9.30. The van der Waals surface area contributed by atoms with Crippen molar-refractivity contribution in [1.82, 2.24) is 31.3 Å².